The third-order valence-corrected chi connectivity index (χ3v) is 3.81. The molecule has 0 aliphatic carbocycles. The highest BCUT2D eigenvalue weighted by Gasteiger charge is 2.47. The lowest BCUT2D eigenvalue weighted by atomic mass is 10.0. The molecule has 114 valence electrons. The van der Waals surface area contributed by atoms with Crippen LogP contribution in [0.25, 0.3) is 0 Å². The largest absolute Gasteiger partial charge is 0.387 e. The van der Waals surface area contributed by atoms with Crippen molar-refractivity contribution in [2.75, 3.05) is 12.4 Å². The quantitative estimate of drug-likeness (QED) is 0.610. The van der Waals surface area contributed by atoms with E-state index in [1.54, 1.807) is 19.2 Å². The maximum atomic E-state index is 12.5. The lowest BCUT2D eigenvalue weighted by molar-refractivity contribution is -0.144. The molecule has 2 aliphatic heterocycles. The second kappa shape index (κ2) is 4.92. The molecule has 2 aliphatic rings. The molecule has 3 rings (SSSR count). The number of piperidine rings is 1. The van der Waals surface area contributed by atoms with Crippen molar-refractivity contribution >= 4 is 29.2 Å². The van der Waals surface area contributed by atoms with Crippen LogP contribution in [0.1, 0.15) is 27.1 Å². The van der Waals surface area contributed by atoms with Crippen molar-refractivity contribution in [3.05, 3.63) is 29.3 Å². The van der Waals surface area contributed by atoms with Crippen LogP contribution < -0.4 is 10.6 Å². The number of imide groups is 1. The minimum absolute atomic E-state index is 0.182. The maximum absolute atomic E-state index is 12.5. The Labute approximate surface area is 125 Å². The number of ketones is 1. The van der Waals surface area contributed by atoms with E-state index >= 15 is 0 Å². The highest BCUT2D eigenvalue weighted by atomic mass is 16.3. The number of carbonyl (C=O) groups excluding carboxylic acids is 4. The van der Waals surface area contributed by atoms with Crippen molar-refractivity contribution in [1.82, 2.24) is 10.2 Å². The number of Topliss-reactive ketones (excluding diaryl/α,β-unsaturated/α-hetero) is 1. The molecule has 2 heterocycles. The summed E-state index contributed by atoms with van der Waals surface area (Å²) in [4.78, 5) is 49.3. The zero-order chi connectivity index (χ0) is 16.0. The molecule has 2 atom stereocenters. The third kappa shape index (κ3) is 1.88. The Morgan fingerprint density at radius 3 is 2.64 bits per heavy atom. The second-order valence-electron chi connectivity index (χ2n) is 5.06. The van der Waals surface area contributed by atoms with E-state index in [1.807, 2.05) is 0 Å². The molecule has 2 unspecified atom stereocenters. The van der Waals surface area contributed by atoms with Gasteiger partial charge in [0.2, 0.25) is 5.91 Å². The van der Waals surface area contributed by atoms with Crippen LogP contribution in [0.5, 0.6) is 0 Å². The Balaban J connectivity index is 2.01. The molecular weight excluding hydrogens is 290 g/mol. The summed E-state index contributed by atoms with van der Waals surface area (Å²) in [6, 6.07) is 3.51. The van der Waals surface area contributed by atoms with Gasteiger partial charge in [0, 0.05) is 19.2 Å². The van der Waals surface area contributed by atoms with Crippen LogP contribution in [0, 0.1) is 0 Å². The van der Waals surface area contributed by atoms with Crippen LogP contribution in [0.3, 0.4) is 0 Å². The minimum atomic E-state index is -1.59. The van der Waals surface area contributed by atoms with E-state index in [9.17, 15) is 24.3 Å². The first-order valence-electron chi connectivity index (χ1n) is 6.65. The maximum Gasteiger partial charge on any atom is 0.264 e. The number of anilines is 1. The van der Waals surface area contributed by atoms with E-state index in [-0.39, 0.29) is 11.1 Å². The van der Waals surface area contributed by atoms with Gasteiger partial charge < -0.3 is 15.7 Å². The van der Waals surface area contributed by atoms with E-state index in [0.29, 0.717) is 5.69 Å². The first kappa shape index (κ1) is 14.2. The van der Waals surface area contributed by atoms with Gasteiger partial charge in [0.25, 0.3) is 11.8 Å². The summed E-state index contributed by atoms with van der Waals surface area (Å²) in [5.74, 6) is -2.63. The van der Waals surface area contributed by atoms with Crippen molar-refractivity contribution in [3.63, 3.8) is 0 Å². The van der Waals surface area contributed by atoms with E-state index in [4.69, 9.17) is 0 Å². The monoisotopic (exact) mass is 303 g/mol. The van der Waals surface area contributed by atoms with E-state index < -0.39 is 42.2 Å². The molecule has 0 spiro atoms. The predicted octanol–water partition coefficient (Wildman–Crippen LogP) is -0.900. The molecule has 8 heteroatoms. The van der Waals surface area contributed by atoms with Gasteiger partial charge in [-0.3, -0.25) is 24.1 Å². The number of nitrogens with zero attached hydrogens (tertiary/aromatic N) is 1. The molecule has 0 aromatic heterocycles. The van der Waals surface area contributed by atoms with Gasteiger partial charge in [-0.1, -0.05) is 6.07 Å². The fourth-order valence-electron chi connectivity index (χ4n) is 2.71. The van der Waals surface area contributed by atoms with Crippen LogP contribution in [-0.4, -0.2) is 52.8 Å². The standard InChI is InChI=1S/C14H13N3O5/c1-15-7-4-2-3-6-10(7)14(22)17(13(6)21)8-5-9(18)12(20)16-11(8)19/h2-4,8,12,15,20H,5H2,1H3,(H,16,19). The number of carbonyl (C=O) groups is 4. The Kier molecular flexibility index (Phi) is 3.18. The number of amides is 3. The summed E-state index contributed by atoms with van der Waals surface area (Å²) < 4.78 is 0. The summed E-state index contributed by atoms with van der Waals surface area (Å²) in [7, 11) is 1.61. The fourth-order valence-corrected chi connectivity index (χ4v) is 2.71. The molecule has 1 fully saturated rings. The number of hydrogen-bond donors (Lipinski definition) is 3. The molecule has 1 aromatic carbocycles. The zero-order valence-corrected chi connectivity index (χ0v) is 11.6. The van der Waals surface area contributed by atoms with Gasteiger partial charge in [0.1, 0.15) is 6.04 Å². The minimum Gasteiger partial charge on any atom is -0.387 e. The Morgan fingerprint density at radius 2 is 1.95 bits per heavy atom. The predicted molar refractivity (Wildman–Crippen MR) is 74.1 cm³/mol. The smallest absolute Gasteiger partial charge is 0.264 e. The lowest BCUT2D eigenvalue weighted by Crippen LogP contribution is -2.59. The fraction of sp³-hybridized carbons (Fsp3) is 0.286. The molecule has 0 saturated carbocycles. The molecule has 0 bridgehead atoms. The third-order valence-electron chi connectivity index (χ3n) is 3.81. The molecule has 3 amide bonds. The Bertz CT molecular complexity index is 714. The van der Waals surface area contributed by atoms with E-state index in [0.717, 1.165) is 4.90 Å². The van der Waals surface area contributed by atoms with Gasteiger partial charge in [-0.15, -0.1) is 0 Å². The normalized spacial score (nSPS) is 24.4. The first-order chi connectivity index (χ1) is 10.5. The SMILES string of the molecule is CNc1cccc2c1C(=O)N(C1CC(=O)C(O)NC1=O)C2=O. The topological polar surface area (TPSA) is 116 Å². The van der Waals surface area contributed by atoms with Crippen LogP contribution in [0.2, 0.25) is 0 Å². The van der Waals surface area contributed by atoms with E-state index in [2.05, 4.69) is 10.6 Å². The van der Waals surface area contributed by atoms with Gasteiger partial charge in [-0.05, 0) is 12.1 Å². The lowest BCUT2D eigenvalue weighted by Gasteiger charge is -2.30. The molecule has 1 aromatic rings. The average molecular weight is 303 g/mol. The number of aliphatic hydroxyl groups excluding tert-OH is 1. The van der Waals surface area contributed by atoms with Crippen molar-refractivity contribution in [2.24, 2.45) is 0 Å². The number of hydrogen-bond acceptors (Lipinski definition) is 6. The van der Waals surface area contributed by atoms with Gasteiger partial charge >= 0.3 is 0 Å². The molecular formula is C14H13N3O5. The van der Waals surface area contributed by atoms with Crippen LogP contribution >= 0.6 is 0 Å². The van der Waals surface area contributed by atoms with Gasteiger partial charge in [-0.25, -0.2) is 0 Å². The number of rotatable bonds is 2. The summed E-state index contributed by atoms with van der Waals surface area (Å²) in [6.45, 7) is 0. The summed E-state index contributed by atoms with van der Waals surface area (Å²) in [5, 5.41) is 14.2. The first-order valence-corrected chi connectivity index (χ1v) is 6.65. The van der Waals surface area contributed by atoms with Crippen LogP contribution in [0.4, 0.5) is 5.69 Å². The molecule has 1 saturated heterocycles. The zero-order valence-electron chi connectivity index (χ0n) is 11.6. The van der Waals surface area contributed by atoms with Crippen LogP contribution in [-0.2, 0) is 9.59 Å². The Hall–Kier alpha value is -2.74. The Morgan fingerprint density at radius 1 is 1.23 bits per heavy atom. The highest BCUT2D eigenvalue weighted by Crippen LogP contribution is 2.31. The molecule has 3 N–H and O–H groups in total. The van der Waals surface area contributed by atoms with Crippen LogP contribution in [0.15, 0.2) is 18.2 Å². The second-order valence-corrected chi connectivity index (χ2v) is 5.06. The molecule has 22 heavy (non-hydrogen) atoms. The summed E-state index contributed by atoms with van der Waals surface area (Å²) in [6.07, 6.45) is -1.99. The van der Waals surface area contributed by atoms with Gasteiger partial charge in [0.15, 0.2) is 12.0 Å². The van der Waals surface area contributed by atoms with E-state index in [1.165, 1.54) is 6.07 Å². The molecule has 8 nitrogen and oxygen atoms in total. The number of nitrogens with one attached hydrogen (secondary N) is 2. The average Bonchev–Trinajstić information content (AvgIpc) is 2.75. The van der Waals surface area contributed by atoms with Crippen molar-refractivity contribution in [3.8, 4) is 0 Å². The van der Waals surface area contributed by atoms with Gasteiger partial charge in [0.05, 0.1) is 11.1 Å². The summed E-state index contributed by atoms with van der Waals surface area (Å²) in [5.41, 5.74) is 0.838. The van der Waals surface area contributed by atoms with Gasteiger partial charge in [-0.2, -0.15) is 0 Å². The molecule has 0 radical (unpaired) electrons. The van der Waals surface area contributed by atoms with Crippen molar-refractivity contribution in [1.29, 1.82) is 0 Å². The summed E-state index contributed by atoms with van der Waals surface area (Å²) >= 11 is 0. The number of aliphatic hydroxyl groups is 1. The van der Waals surface area contributed by atoms with Crippen molar-refractivity contribution in [2.45, 2.75) is 18.7 Å². The number of benzene rings is 1. The highest BCUT2D eigenvalue weighted by molar-refractivity contribution is 6.25. The number of fused-ring (bicyclic) bond motifs is 1. The van der Waals surface area contributed by atoms with Crippen molar-refractivity contribution < 1.29 is 24.3 Å².